The van der Waals surface area contributed by atoms with Crippen LogP contribution in [-0.2, 0) is 33.0 Å². The maximum absolute atomic E-state index is 14.4. The Hall–Kier alpha value is -4.08. The third-order valence-corrected chi connectivity index (χ3v) is 20.0. The quantitative estimate of drug-likeness (QED) is 0.0225. The van der Waals surface area contributed by atoms with Crippen molar-refractivity contribution in [2.24, 2.45) is 10.8 Å². The first-order valence-corrected chi connectivity index (χ1v) is 32.2. The highest BCUT2D eigenvalue weighted by atomic mass is 35.5. The van der Waals surface area contributed by atoms with Crippen molar-refractivity contribution in [2.45, 2.75) is 93.5 Å². The molecule has 79 heavy (non-hydrogen) atoms. The summed E-state index contributed by atoms with van der Waals surface area (Å²) in [6.07, 6.45) is 3.80. The molecule has 2 fully saturated rings. The average molecular weight is 1190 g/mol. The first kappa shape index (κ1) is 62.5. The molecule has 0 radical (unpaired) electrons. The summed E-state index contributed by atoms with van der Waals surface area (Å²) >= 11 is 8.46. The molecule has 2 saturated heterocycles. The molecule has 0 saturated carbocycles. The van der Waals surface area contributed by atoms with E-state index >= 15 is 0 Å². The normalized spacial score (nSPS) is 18.2. The maximum atomic E-state index is 14.4. The predicted octanol–water partition coefficient (Wildman–Crippen LogP) is 12.2. The minimum absolute atomic E-state index is 0.100. The summed E-state index contributed by atoms with van der Waals surface area (Å²) in [6, 6.07) is 28.2. The number of alkyl halides is 3. The van der Waals surface area contributed by atoms with Gasteiger partial charge >= 0.3 is 19.1 Å². The number of thioether (sulfide) groups is 1. The highest BCUT2D eigenvalue weighted by molar-refractivity contribution is 7.99. The fourth-order valence-corrected chi connectivity index (χ4v) is 14.0. The first-order valence-electron chi connectivity index (χ1n) is 26.8. The second kappa shape index (κ2) is 27.8. The minimum Gasteiger partial charge on any atom is -0.438 e. The van der Waals surface area contributed by atoms with E-state index in [9.17, 15) is 35.7 Å². The number of rotatable bonds is 24. The van der Waals surface area contributed by atoms with E-state index in [0.29, 0.717) is 57.0 Å². The van der Waals surface area contributed by atoms with Crippen LogP contribution in [0.2, 0.25) is 5.02 Å². The number of anilines is 2. The van der Waals surface area contributed by atoms with Gasteiger partial charge in [0, 0.05) is 110 Å². The highest BCUT2D eigenvalue weighted by Crippen LogP contribution is 2.48. The molecule has 4 aromatic carbocycles. The minimum atomic E-state index is -5.84. The number of halogens is 4. The number of ether oxygens (including phenoxy) is 1. The lowest BCUT2D eigenvalue weighted by atomic mass is 9.73. The van der Waals surface area contributed by atoms with Crippen molar-refractivity contribution in [1.29, 1.82) is 0 Å². The number of piperazine rings is 2. The van der Waals surface area contributed by atoms with Crippen LogP contribution in [0.5, 0.6) is 0 Å². The van der Waals surface area contributed by atoms with Crippen LogP contribution in [0.25, 0.3) is 5.57 Å². The number of nitrogens with one attached hydrogen (secondary N) is 2. The van der Waals surface area contributed by atoms with Gasteiger partial charge < -0.3 is 29.3 Å². The smallest absolute Gasteiger partial charge is 0.438 e. The number of amides is 1. The zero-order valence-corrected chi connectivity index (χ0v) is 50.1. The van der Waals surface area contributed by atoms with E-state index in [1.807, 2.05) is 54.6 Å². The van der Waals surface area contributed by atoms with E-state index in [2.05, 4.69) is 55.6 Å². The lowest BCUT2D eigenvalue weighted by Crippen LogP contribution is -2.48. The molecule has 1 amide bonds. The third-order valence-electron chi connectivity index (χ3n) is 14.3. The van der Waals surface area contributed by atoms with Crippen molar-refractivity contribution in [3.8, 4) is 0 Å². The number of hydrogen-bond donors (Lipinski definition) is 2. The summed E-state index contributed by atoms with van der Waals surface area (Å²) in [4.78, 5) is 34.9. The molecule has 1 unspecified atom stereocenters. The van der Waals surface area contributed by atoms with Gasteiger partial charge in [0.25, 0.3) is 15.7 Å². The molecule has 2 aliphatic heterocycles. The second-order valence-corrected chi connectivity index (χ2v) is 28.5. The van der Waals surface area contributed by atoms with Crippen LogP contribution in [0.15, 0.2) is 117 Å². The Kier molecular flexibility index (Phi) is 22.0. The summed E-state index contributed by atoms with van der Waals surface area (Å²) in [7, 11) is -9.40. The molecule has 1 aliphatic carbocycles. The lowest BCUT2D eigenvalue weighted by Gasteiger charge is -2.39. The third kappa shape index (κ3) is 18.2. The molecule has 3 aliphatic rings. The molecular formula is C57H75ClF3N6O8PS3. The van der Waals surface area contributed by atoms with Crippen LogP contribution in [0.4, 0.5) is 24.5 Å². The van der Waals surface area contributed by atoms with Crippen LogP contribution < -0.4 is 14.9 Å². The van der Waals surface area contributed by atoms with Gasteiger partial charge in [-0.1, -0.05) is 61.4 Å². The Morgan fingerprint density at radius 2 is 1.47 bits per heavy atom. The molecule has 2 heterocycles. The van der Waals surface area contributed by atoms with Crippen molar-refractivity contribution in [3.05, 3.63) is 119 Å². The molecule has 0 spiro atoms. The van der Waals surface area contributed by atoms with Crippen LogP contribution in [0.3, 0.4) is 0 Å². The Bertz CT molecular complexity index is 2870. The topological polar surface area (TPSA) is 150 Å². The first-order chi connectivity index (χ1) is 37.4. The molecular weight excluding hydrogens is 1120 g/mol. The molecule has 4 aromatic rings. The molecule has 432 valence electrons. The second-order valence-electron chi connectivity index (χ2n) is 22.0. The highest BCUT2D eigenvalue weighted by Gasteiger charge is 2.48. The SMILES string of the molecule is CCOP(=O)(CCN1CCN(CC[C@H](CSc2ccccc2)Nc2ccc(SNC(=O)c3ccc(N4CCN(CC5=C(c6ccc(Cl)cc6)CCC(C)(C)C5)CC4)cc3)cc2S(=O)(=O)C(F)(F)F)CC1)OCOC(=O)C(C)(C)C. The molecule has 2 atom stereocenters. The van der Waals surface area contributed by atoms with E-state index in [1.165, 1.54) is 40.6 Å². The van der Waals surface area contributed by atoms with E-state index in [4.69, 9.17) is 25.4 Å². The van der Waals surface area contributed by atoms with Gasteiger partial charge in [-0.15, -0.1) is 11.8 Å². The van der Waals surface area contributed by atoms with Crippen LogP contribution in [0.1, 0.15) is 83.1 Å². The summed E-state index contributed by atoms with van der Waals surface area (Å²) in [5, 5.41) is 3.90. The van der Waals surface area contributed by atoms with Crippen molar-refractivity contribution in [3.63, 3.8) is 0 Å². The summed E-state index contributed by atoms with van der Waals surface area (Å²) in [5.41, 5.74) is -0.826. The summed E-state index contributed by atoms with van der Waals surface area (Å²) < 4.78 is 102. The van der Waals surface area contributed by atoms with Crippen molar-refractivity contribution >= 4 is 81.6 Å². The lowest BCUT2D eigenvalue weighted by molar-refractivity contribution is -0.160. The Labute approximate surface area is 478 Å². The molecule has 14 nitrogen and oxygen atoms in total. The number of allylic oxidation sites excluding steroid dienone is 1. The largest absolute Gasteiger partial charge is 0.501 e. The van der Waals surface area contributed by atoms with Crippen molar-refractivity contribution < 1.29 is 49.5 Å². The van der Waals surface area contributed by atoms with Crippen molar-refractivity contribution in [1.82, 2.24) is 19.4 Å². The standard InChI is InChI=1S/C57H75ClF3N6O8PS3/c1-7-74-76(70,75-41-73-54(69)55(2,3)4)36-35-65-29-27-64(28-30-65)26-24-46(40-77-48-11-9-8-10-12-48)62-51-22-21-49(37-52(51)79(71,72)57(59,60)61)78-63-53(68)43-15-19-47(20-16-43)67-33-31-66(32-34-67)39-44-38-56(5,6)25-23-50(44)42-13-17-45(58)18-14-42/h8-22,37,46,62H,7,23-36,38-41H2,1-6H3,(H,63,68)/t46-,76?/m1/s1. The van der Waals surface area contributed by atoms with Crippen LogP contribution >= 0.6 is 42.9 Å². The Morgan fingerprint density at radius 3 is 2.10 bits per heavy atom. The number of carbonyl (C=O) groups excluding carboxylic acids is 2. The van der Waals surface area contributed by atoms with E-state index < -0.39 is 58.0 Å². The van der Waals surface area contributed by atoms with Gasteiger partial charge in [0.15, 0.2) is 0 Å². The number of sulfone groups is 1. The molecule has 0 bridgehead atoms. The zero-order valence-electron chi connectivity index (χ0n) is 46.0. The predicted molar refractivity (Wildman–Crippen MR) is 312 cm³/mol. The van der Waals surface area contributed by atoms with E-state index in [0.717, 1.165) is 85.6 Å². The molecule has 7 rings (SSSR count). The summed E-state index contributed by atoms with van der Waals surface area (Å²) in [6.45, 7) is 19.1. The fourth-order valence-electron chi connectivity index (χ4n) is 9.73. The number of nitrogens with zero attached hydrogens (tertiary/aromatic N) is 4. The van der Waals surface area contributed by atoms with E-state index in [-0.39, 0.29) is 28.8 Å². The van der Waals surface area contributed by atoms with Gasteiger partial charge in [-0.3, -0.25) is 28.3 Å². The molecule has 0 aromatic heterocycles. The van der Waals surface area contributed by atoms with Gasteiger partial charge in [0.05, 0.1) is 23.9 Å². The van der Waals surface area contributed by atoms with Gasteiger partial charge in [0.2, 0.25) is 6.79 Å². The van der Waals surface area contributed by atoms with Crippen LogP contribution in [-0.4, -0.2) is 144 Å². The van der Waals surface area contributed by atoms with Crippen LogP contribution in [0, 0.1) is 10.8 Å². The monoisotopic (exact) mass is 1190 g/mol. The number of esters is 1. The Balaban J connectivity index is 0.944. The maximum Gasteiger partial charge on any atom is 0.501 e. The Morgan fingerprint density at radius 1 is 0.823 bits per heavy atom. The van der Waals surface area contributed by atoms with Gasteiger partial charge in [-0.05, 0) is 149 Å². The van der Waals surface area contributed by atoms with Gasteiger partial charge in [-0.2, -0.15) is 13.2 Å². The van der Waals surface area contributed by atoms with Crippen molar-refractivity contribution in [2.75, 3.05) is 108 Å². The number of carbonyl (C=O) groups is 2. The van der Waals surface area contributed by atoms with Gasteiger partial charge in [-0.25, -0.2) is 8.42 Å². The fraction of sp³-hybridized carbons (Fsp3) is 0.509. The summed E-state index contributed by atoms with van der Waals surface area (Å²) in [5.74, 6) is -0.558. The number of hydrogen-bond acceptors (Lipinski definition) is 15. The average Bonchev–Trinajstić information content (AvgIpc) is 3.47. The molecule has 2 N–H and O–H groups in total. The molecule has 22 heteroatoms. The van der Waals surface area contributed by atoms with E-state index in [1.54, 1.807) is 39.8 Å². The zero-order chi connectivity index (χ0) is 57.0. The number of benzene rings is 4. The van der Waals surface area contributed by atoms with Gasteiger partial charge in [0.1, 0.15) is 4.90 Å².